The topological polar surface area (TPSA) is 38.9 Å². The van der Waals surface area contributed by atoms with Crippen molar-refractivity contribution in [1.29, 1.82) is 0 Å². The zero-order valence-electron chi connectivity index (χ0n) is 10.1. The lowest BCUT2D eigenvalue weighted by Gasteiger charge is -2.11. The molecule has 2 nitrogen and oxygen atoms in total. The van der Waals surface area contributed by atoms with Gasteiger partial charge in [-0.25, -0.2) is 0 Å². The Balaban J connectivity index is 2.71. The highest BCUT2D eigenvalue weighted by Gasteiger charge is 2.13. The van der Waals surface area contributed by atoms with Gasteiger partial charge in [0, 0.05) is 21.2 Å². The highest BCUT2D eigenvalue weighted by molar-refractivity contribution is 9.10. The van der Waals surface area contributed by atoms with Crippen molar-refractivity contribution in [3.63, 3.8) is 0 Å². The summed E-state index contributed by atoms with van der Waals surface area (Å²) in [6, 6.07) is 3.75. The number of hydrogen-bond acceptors (Lipinski definition) is 2. The zero-order valence-corrected chi connectivity index (χ0v) is 13.2. The van der Waals surface area contributed by atoms with E-state index < -0.39 is 0 Å². The highest BCUT2D eigenvalue weighted by atomic mass is 79.9. The Kier molecular flexibility index (Phi) is 4.05. The van der Waals surface area contributed by atoms with Crippen molar-refractivity contribution < 1.29 is 0 Å². The van der Waals surface area contributed by atoms with Gasteiger partial charge in [0.2, 0.25) is 0 Å². The number of aromatic nitrogens is 1. The summed E-state index contributed by atoms with van der Waals surface area (Å²) in [7, 11) is 0. The van der Waals surface area contributed by atoms with Gasteiger partial charge < -0.3 is 5.73 Å². The molecular weight excluding hydrogens is 335 g/mol. The fraction of sp³-hybridized carbons (Fsp3) is 0.308. The monoisotopic (exact) mass is 346 g/mol. The van der Waals surface area contributed by atoms with E-state index in [-0.39, 0.29) is 0 Å². The van der Waals surface area contributed by atoms with Crippen LogP contribution >= 0.6 is 39.1 Å². The van der Waals surface area contributed by atoms with Crippen molar-refractivity contribution in [1.82, 2.24) is 4.98 Å². The van der Waals surface area contributed by atoms with E-state index in [0.717, 1.165) is 22.0 Å². The van der Waals surface area contributed by atoms with Crippen LogP contribution < -0.4 is 5.73 Å². The normalized spacial score (nSPS) is 11.4. The van der Waals surface area contributed by atoms with Crippen molar-refractivity contribution in [2.45, 2.75) is 20.3 Å². The van der Waals surface area contributed by atoms with E-state index in [4.69, 9.17) is 28.9 Å². The highest BCUT2D eigenvalue weighted by Crippen LogP contribution is 2.38. The number of fused-ring (bicyclic) bond motifs is 1. The van der Waals surface area contributed by atoms with E-state index in [1.54, 1.807) is 0 Å². The summed E-state index contributed by atoms with van der Waals surface area (Å²) in [6.45, 7) is 4.27. The third kappa shape index (κ3) is 2.58. The third-order valence-corrected chi connectivity index (χ3v) is 4.35. The number of anilines is 1. The Bertz CT molecular complexity index is 612. The van der Waals surface area contributed by atoms with Gasteiger partial charge in [0.05, 0.1) is 15.6 Å². The van der Waals surface area contributed by atoms with Gasteiger partial charge in [-0.3, -0.25) is 4.98 Å². The molecule has 5 heteroatoms. The third-order valence-electron chi connectivity index (χ3n) is 2.64. The lowest BCUT2D eigenvalue weighted by Crippen LogP contribution is -2.00. The second kappa shape index (κ2) is 5.24. The smallest absolute Gasteiger partial charge is 0.0928 e. The maximum atomic E-state index is 6.23. The predicted octanol–water partition coefficient (Wildman–Crippen LogP) is 5.08. The molecule has 0 amide bonds. The van der Waals surface area contributed by atoms with E-state index in [1.807, 2.05) is 12.1 Å². The molecule has 1 aromatic carbocycles. The molecule has 0 spiro atoms. The number of pyridine rings is 1. The van der Waals surface area contributed by atoms with Crippen molar-refractivity contribution in [3.8, 4) is 0 Å². The fourth-order valence-corrected chi connectivity index (χ4v) is 2.80. The molecule has 96 valence electrons. The lowest BCUT2D eigenvalue weighted by molar-refractivity contribution is 0.637. The first kappa shape index (κ1) is 13.9. The summed E-state index contributed by atoms with van der Waals surface area (Å²) in [5.74, 6) is 0.513. The minimum atomic E-state index is 0.443. The van der Waals surface area contributed by atoms with E-state index in [1.165, 1.54) is 0 Å². The van der Waals surface area contributed by atoms with Gasteiger partial charge in [-0.05, 0) is 40.4 Å². The average Bonchev–Trinajstić information content (AvgIpc) is 2.27. The molecule has 0 saturated carbocycles. The quantitative estimate of drug-likeness (QED) is 0.769. The Hall–Kier alpha value is -0.510. The first-order valence-corrected chi connectivity index (χ1v) is 7.17. The van der Waals surface area contributed by atoms with Crippen LogP contribution in [0.4, 0.5) is 5.69 Å². The number of nitrogens with zero attached hydrogens (tertiary/aromatic N) is 1. The largest absolute Gasteiger partial charge is 0.398 e. The molecule has 0 saturated heterocycles. The maximum Gasteiger partial charge on any atom is 0.0928 e. The number of benzene rings is 1. The molecule has 0 bridgehead atoms. The number of nitrogens with two attached hydrogens (primary N) is 1. The van der Waals surface area contributed by atoms with Crippen molar-refractivity contribution in [2.75, 3.05) is 5.73 Å². The Labute approximate surface area is 125 Å². The molecular formula is C13H13BrCl2N2. The van der Waals surface area contributed by atoms with Crippen LogP contribution in [0.15, 0.2) is 16.6 Å². The minimum absolute atomic E-state index is 0.443. The molecule has 18 heavy (non-hydrogen) atoms. The summed E-state index contributed by atoms with van der Waals surface area (Å²) in [6.07, 6.45) is 0.865. The second-order valence-electron chi connectivity index (χ2n) is 4.68. The van der Waals surface area contributed by atoms with Crippen LogP contribution in [-0.4, -0.2) is 4.98 Å². The Morgan fingerprint density at radius 2 is 1.94 bits per heavy atom. The molecule has 1 aromatic heterocycles. The summed E-state index contributed by atoms with van der Waals surface area (Å²) >= 11 is 15.7. The molecule has 0 aliphatic carbocycles. The average molecular weight is 348 g/mol. The molecule has 0 unspecified atom stereocenters. The van der Waals surface area contributed by atoms with Gasteiger partial charge >= 0.3 is 0 Å². The van der Waals surface area contributed by atoms with Crippen LogP contribution in [0.1, 0.15) is 19.5 Å². The maximum absolute atomic E-state index is 6.23. The number of nitrogen functional groups attached to an aromatic ring is 1. The van der Waals surface area contributed by atoms with Gasteiger partial charge in [-0.15, -0.1) is 0 Å². The van der Waals surface area contributed by atoms with Crippen LogP contribution in [-0.2, 0) is 6.42 Å². The molecule has 2 N–H and O–H groups in total. The van der Waals surface area contributed by atoms with Gasteiger partial charge in [0.25, 0.3) is 0 Å². The van der Waals surface area contributed by atoms with Crippen LogP contribution in [0.25, 0.3) is 10.9 Å². The first-order valence-electron chi connectivity index (χ1n) is 5.62. The second-order valence-corrected chi connectivity index (χ2v) is 6.29. The molecule has 0 radical (unpaired) electrons. The zero-order chi connectivity index (χ0) is 13.4. The summed E-state index contributed by atoms with van der Waals surface area (Å²) in [5, 5.41) is 1.74. The van der Waals surface area contributed by atoms with Crippen LogP contribution in [0.2, 0.25) is 10.0 Å². The van der Waals surface area contributed by atoms with Gasteiger partial charge in [0.15, 0.2) is 0 Å². The van der Waals surface area contributed by atoms with Gasteiger partial charge in [-0.1, -0.05) is 37.0 Å². The number of halogens is 3. The van der Waals surface area contributed by atoms with E-state index in [9.17, 15) is 0 Å². The molecule has 0 aliphatic heterocycles. The van der Waals surface area contributed by atoms with E-state index in [0.29, 0.717) is 27.2 Å². The standard InChI is InChI=1S/C13H13BrCl2N2/c1-6(2)3-7-4-10(17)8-5-9(14)11(15)12(16)13(8)18-7/h4-6H,3H2,1-2H3,(H2,17,18). The number of rotatable bonds is 2. The van der Waals surface area contributed by atoms with E-state index >= 15 is 0 Å². The van der Waals surface area contributed by atoms with E-state index in [2.05, 4.69) is 34.8 Å². The molecule has 0 fully saturated rings. The van der Waals surface area contributed by atoms with Gasteiger partial charge in [0.1, 0.15) is 0 Å². The molecule has 0 atom stereocenters. The Morgan fingerprint density at radius 3 is 2.56 bits per heavy atom. The minimum Gasteiger partial charge on any atom is -0.398 e. The SMILES string of the molecule is CC(C)Cc1cc(N)c2cc(Br)c(Cl)c(Cl)c2n1. The fourth-order valence-electron chi connectivity index (χ4n) is 1.87. The first-order chi connectivity index (χ1) is 8.40. The molecule has 2 rings (SSSR count). The van der Waals surface area contributed by atoms with Gasteiger partial charge in [-0.2, -0.15) is 0 Å². The summed E-state index contributed by atoms with van der Waals surface area (Å²) in [5.41, 5.74) is 8.34. The van der Waals surface area contributed by atoms with Crippen molar-refractivity contribution in [3.05, 3.63) is 32.3 Å². The van der Waals surface area contributed by atoms with Crippen LogP contribution in [0, 0.1) is 5.92 Å². The molecule has 0 aliphatic rings. The van der Waals surface area contributed by atoms with Crippen molar-refractivity contribution >= 4 is 55.7 Å². The van der Waals surface area contributed by atoms with Crippen molar-refractivity contribution in [2.24, 2.45) is 5.92 Å². The Morgan fingerprint density at radius 1 is 1.28 bits per heavy atom. The van der Waals surface area contributed by atoms with Crippen LogP contribution in [0.3, 0.4) is 0 Å². The van der Waals surface area contributed by atoms with Crippen LogP contribution in [0.5, 0.6) is 0 Å². The predicted molar refractivity (Wildman–Crippen MR) is 82.4 cm³/mol. The lowest BCUT2D eigenvalue weighted by atomic mass is 10.1. The number of hydrogen-bond donors (Lipinski definition) is 1. The molecule has 1 heterocycles. The summed E-state index contributed by atoms with van der Waals surface area (Å²) < 4.78 is 0.728. The summed E-state index contributed by atoms with van der Waals surface area (Å²) in [4.78, 5) is 4.56. The molecule has 2 aromatic rings.